The van der Waals surface area contributed by atoms with E-state index in [0.29, 0.717) is 47.6 Å². The third kappa shape index (κ3) is 5.06. The summed E-state index contributed by atoms with van der Waals surface area (Å²) < 4.78 is 10.8. The molecule has 3 N–H and O–H groups in total. The third-order valence-corrected chi connectivity index (χ3v) is 5.13. The Kier molecular flexibility index (Phi) is 6.67. The van der Waals surface area contributed by atoms with Gasteiger partial charge in [-0.15, -0.1) is 5.10 Å². The maximum Gasteiger partial charge on any atom is 0.154 e. The molecule has 0 spiro atoms. The standard InChI is InChI=1S/C23H27N7O2/c1-14(2)15-7-23(30-27-9-15)29-22-5-4-20-21(28-22)6-16(8-26-20)18(10-25-3)19(24)13-32-17-11-31-12-17/h4-10,14,17,24-25H,11-13H2,1-3H3,(H,28,29,30)/b18-10-,24-19?. The zero-order valence-electron chi connectivity index (χ0n) is 18.4. The average molecular weight is 434 g/mol. The molecule has 4 heterocycles. The third-order valence-electron chi connectivity index (χ3n) is 5.13. The number of hydrogen-bond donors (Lipinski definition) is 3. The van der Waals surface area contributed by atoms with Gasteiger partial charge >= 0.3 is 0 Å². The van der Waals surface area contributed by atoms with E-state index in [1.165, 1.54) is 0 Å². The predicted molar refractivity (Wildman–Crippen MR) is 124 cm³/mol. The first kappa shape index (κ1) is 21.8. The van der Waals surface area contributed by atoms with Gasteiger partial charge in [0.05, 0.1) is 42.8 Å². The molecule has 9 nitrogen and oxygen atoms in total. The minimum atomic E-state index is 0.0634. The maximum atomic E-state index is 8.48. The zero-order chi connectivity index (χ0) is 22.5. The van der Waals surface area contributed by atoms with E-state index in [4.69, 9.17) is 19.9 Å². The molecule has 0 radical (unpaired) electrons. The van der Waals surface area contributed by atoms with E-state index in [1.807, 2.05) is 24.3 Å². The van der Waals surface area contributed by atoms with E-state index in [0.717, 1.165) is 16.6 Å². The summed E-state index contributed by atoms with van der Waals surface area (Å²) in [5, 5.41) is 22.9. The highest BCUT2D eigenvalue weighted by Gasteiger charge is 2.20. The number of rotatable bonds is 9. The first-order valence-electron chi connectivity index (χ1n) is 10.5. The highest BCUT2D eigenvalue weighted by molar-refractivity contribution is 6.23. The SMILES string of the molecule is CN/C=C(\C(=N)COC1COC1)c1cnc2ccc(Nc3cc(C(C)C)cnn3)nc2c1. The van der Waals surface area contributed by atoms with Crippen molar-refractivity contribution in [3.8, 4) is 0 Å². The van der Waals surface area contributed by atoms with Crippen LogP contribution >= 0.6 is 0 Å². The van der Waals surface area contributed by atoms with Crippen LogP contribution in [0, 0.1) is 5.41 Å². The highest BCUT2D eigenvalue weighted by Crippen LogP contribution is 2.23. The Labute approximate surface area is 186 Å². The van der Waals surface area contributed by atoms with Gasteiger partial charge in [-0.2, -0.15) is 5.10 Å². The van der Waals surface area contributed by atoms with Gasteiger partial charge in [-0.05, 0) is 35.7 Å². The lowest BCUT2D eigenvalue weighted by Gasteiger charge is -2.26. The van der Waals surface area contributed by atoms with Gasteiger partial charge < -0.3 is 25.5 Å². The topological polar surface area (TPSA) is 118 Å². The van der Waals surface area contributed by atoms with Crippen LogP contribution in [0.5, 0.6) is 0 Å². The average Bonchev–Trinajstić information content (AvgIpc) is 2.76. The molecule has 1 aliphatic heterocycles. The molecule has 32 heavy (non-hydrogen) atoms. The van der Waals surface area contributed by atoms with Crippen molar-refractivity contribution in [3.63, 3.8) is 0 Å². The fourth-order valence-electron chi connectivity index (χ4n) is 3.19. The fraction of sp³-hybridized carbons (Fsp3) is 0.348. The van der Waals surface area contributed by atoms with Gasteiger partial charge in [0.25, 0.3) is 0 Å². The lowest BCUT2D eigenvalue weighted by Crippen LogP contribution is -2.37. The van der Waals surface area contributed by atoms with Gasteiger partial charge in [-0.3, -0.25) is 4.98 Å². The van der Waals surface area contributed by atoms with Crippen LogP contribution in [0.3, 0.4) is 0 Å². The van der Waals surface area contributed by atoms with E-state index in [1.54, 1.807) is 25.6 Å². The Hall–Kier alpha value is -3.43. The minimum absolute atomic E-state index is 0.0634. The van der Waals surface area contributed by atoms with Gasteiger partial charge in [-0.1, -0.05) is 13.8 Å². The van der Waals surface area contributed by atoms with Gasteiger partial charge in [0, 0.05) is 30.6 Å². The molecule has 166 valence electrons. The van der Waals surface area contributed by atoms with Gasteiger partial charge in [0.15, 0.2) is 5.82 Å². The normalized spacial score (nSPS) is 14.4. The van der Waals surface area contributed by atoms with E-state index >= 15 is 0 Å². The molecule has 1 aliphatic rings. The van der Waals surface area contributed by atoms with Gasteiger partial charge in [0.1, 0.15) is 11.9 Å². The van der Waals surface area contributed by atoms with Crippen LogP contribution in [0.25, 0.3) is 16.6 Å². The lowest BCUT2D eigenvalue weighted by molar-refractivity contribution is -0.120. The van der Waals surface area contributed by atoms with Crippen LogP contribution in [0.4, 0.5) is 11.6 Å². The summed E-state index contributed by atoms with van der Waals surface area (Å²) in [5.74, 6) is 1.65. The predicted octanol–water partition coefficient (Wildman–Crippen LogP) is 3.28. The zero-order valence-corrected chi connectivity index (χ0v) is 18.4. The molecule has 1 fully saturated rings. The number of fused-ring (bicyclic) bond motifs is 1. The van der Waals surface area contributed by atoms with Crippen LogP contribution in [0.1, 0.15) is 30.9 Å². The molecule has 0 bridgehead atoms. The number of pyridine rings is 2. The summed E-state index contributed by atoms with van der Waals surface area (Å²) in [5.41, 5.74) is 4.43. The first-order valence-corrected chi connectivity index (χ1v) is 10.5. The smallest absolute Gasteiger partial charge is 0.154 e. The van der Waals surface area contributed by atoms with E-state index in [9.17, 15) is 0 Å². The van der Waals surface area contributed by atoms with Crippen molar-refractivity contribution in [1.29, 1.82) is 5.41 Å². The fourth-order valence-corrected chi connectivity index (χ4v) is 3.19. The van der Waals surface area contributed by atoms with Crippen molar-refractivity contribution in [1.82, 2.24) is 25.5 Å². The Morgan fingerprint density at radius 2 is 2.06 bits per heavy atom. The molecule has 0 amide bonds. The van der Waals surface area contributed by atoms with E-state index < -0.39 is 0 Å². The molecular weight excluding hydrogens is 406 g/mol. The molecule has 3 aromatic heterocycles. The van der Waals surface area contributed by atoms with Gasteiger partial charge in [0.2, 0.25) is 0 Å². The highest BCUT2D eigenvalue weighted by atomic mass is 16.6. The Morgan fingerprint density at radius 1 is 1.22 bits per heavy atom. The van der Waals surface area contributed by atoms with Crippen molar-refractivity contribution in [3.05, 3.63) is 54.0 Å². The summed E-state index contributed by atoms with van der Waals surface area (Å²) in [6.45, 7) is 5.60. The largest absolute Gasteiger partial charge is 0.393 e. The van der Waals surface area contributed by atoms with Gasteiger partial charge in [-0.25, -0.2) is 4.98 Å². The maximum absolute atomic E-state index is 8.48. The second kappa shape index (κ2) is 9.80. The summed E-state index contributed by atoms with van der Waals surface area (Å²) in [6.07, 6.45) is 5.36. The molecule has 9 heteroatoms. The molecule has 1 saturated heterocycles. The summed E-state index contributed by atoms with van der Waals surface area (Å²) in [7, 11) is 1.80. The van der Waals surface area contributed by atoms with E-state index in [2.05, 4.69) is 39.7 Å². The monoisotopic (exact) mass is 433 g/mol. The molecule has 4 rings (SSSR count). The van der Waals surface area contributed by atoms with Crippen molar-refractivity contribution in [2.45, 2.75) is 25.9 Å². The summed E-state index contributed by atoms with van der Waals surface area (Å²) >= 11 is 0. The molecule has 0 unspecified atom stereocenters. The van der Waals surface area contributed by atoms with Crippen LogP contribution in [-0.2, 0) is 9.47 Å². The van der Waals surface area contributed by atoms with Crippen LogP contribution < -0.4 is 10.6 Å². The van der Waals surface area contributed by atoms with Crippen LogP contribution in [0.2, 0.25) is 0 Å². The molecule has 0 atom stereocenters. The number of hydrogen-bond acceptors (Lipinski definition) is 9. The number of nitrogens with zero attached hydrogens (tertiary/aromatic N) is 4. The van der Waals surface area contributed by atoms with Crippen molar-refractivity contribution >= 4 is 34.0 Å². The lowest BCUT2D eigenvalue weighted by atomic mass is 10.0. The van der Waals surface area contributed by atoms with Crippen LogP contribution in [0.15, 0.2) is 42.9 Å². The second-order valence-corrected chi connectivity index (χ2v) is 7.91. The molecular formula is C23H27N7O2. The number of anilines is 2. The molecule has 3 aromatic rings. The molecule has 0 saturated carbocycles. The number of nitrogens with one attached hydrogen (secondary N) is 3. The number of ether oxygens (including phenoxy) is 2. The van der Waals surface area contributed by atoms with E-state index in [-0.39, 0.29) is 12.7 Å². The minimum Gasteiger partial charge on any atom is -0.393 e. The Bertz CT molecular complexity index is 1140. The second-order valence-electron chi connectivity index (χ2n) is 7.91. The van der Waals surface area contributed by atoms with Crippen molar-refractivity contribution in [2.75, 3.05) is 32.2 Å². The summed E-state index contributed by atoms with van der Waals surface area (Å²) in [6, 6.07) is 7.66. The quantitative estimate of drug-likeness (QED) is 0.440. The first-order chi connectivity index (χ1) is 15.5. The number of aromatic nitrogens is 4. The summed E-state index contributed by atoms with van der Waals surface area (Å²) in [4.78, 5) is 9.23. The van der Waals surface area contributed by atoms with Crippen molar-refractivity contribution in [2.24, 2.45) is 0 Å². The molecule has 0 aliphatic carbocycles. The Balaban J connectivity index is 1.57. The van der Waals surface area contributed by atoms with Crippen LogP contribution in [-0.4, -0.2) is 58.8 Å². The Morgan fingerprint density at radius 3 is 2.78 bits per heavy atom. The molecule has 0 aromatic carbocycles. The van der Waals surface area contributed by atoms with Crippen molar-refractivity contribution < 1.29 is 9.47 Å².